The molecule has 1 atom stereocenters. The van der Waals surface area contributed by atoms with E-state index in [1.807, 2.05) is 6.07 Å². The third-order valence-electron chi connectivity index (χ3n) is 3.80. The number of nitrogens with two attached hydrogens (primary N) is 1. The van der Waals surface area contributed by atoms with Gasteiger partial charge in [0.1, 0.15) is 11.9 Å². The normalized spacial score (nSPS) is 12.1. The third kappa shape index (κ3) is 2.88. The van der Waals surface area contributed by atoms with Crippen LogP contribution in [0.4, 0.5) is 4.39 Å². The van der Waals surface area contributed by atoms with Crippen LogP contribution in [0.2, 0.25) is 0 Å². The fourth-order valence-electron chi connectivity index (χ4n) is 2.63. The summed E-state index contributed by atoms with van der Waals surface area (Å²) in [5.41, 5.74) is 6.58. The highest BCUT2D eigenvalue weighted by atomic mass is 32.1. The Morgan fingerprint density at radius 3 is 2.46 bits per heavy atom. The van der Waals surface area contributed by atoms with Crippen LogP contribution in [-0.2, 0) is 4.79 Å². The number of aryl methyl sites for hydroxylation is 1. The number of amides is 2. The van der Waals surface area contributed by atoms with Crippen molar-refractivity contribution in [3.05, 3.63) is 70.4 Å². The summed E-state index contributed by atoms with van der Waals surface area (Å²) in [6, 6.07) is 12.5. The van der Waals surface area contributed by atoms with E-state index in [4.69, 9.17) is 5.73 Å². The molecule has 0 saturated heterocycles. The number of nitrogens with one attached hydrogen (secondary N) is 1. The van der Waals surface area contributed by atoms with Gasteiger partial charge in [0, 0.05) is 10.1 Å². The van der Waals surface area contributed by atoms with E-state index in [0.29, 0.717) is 26.1 Å². The van der Waals surface area contributed by atoms with Crippen molar-refractivity contribution >= 4 is 33.2 Å². The molecule has 0 aliphatic rings. The molecule has 2 aromatic carbocycles. The first-order valence-corrected chi connectivity index (χ1v) is 8.13. The summed E-state index contributed by atoms with van der Waals surface area (Å²) in [6.45, 7) is 1.69. The van der Waals surface area contributed by atoms with Gasteiger partial charge in [0.05, 0.1) is 4.88 Å². The first-order valence-electron chi connectivity index (χ1n) is 7.31. The molecule has 0 radical (unpaired) electrons. The molecule has 1 heterocycles. The summed E-state index contributed by atoms with van der Waals surface area (Å²) in [7, 11) is 0. The Morgan fingerprint density at radius 1 is 1.12 bits per heavy atom. The van der Waals surface area contributed by atoms with Crippen LogP contribution in [0, 0.1) is 12.7 Å². The van der Waals surface area contributed by atoms with Gasteiger partial charge in [-0.25, -0.2) is 4.39 Å². The molecule has 3 rings (SSSR count). The van der Waals surface area contributed by atoms with Crippen molar-refractivity contribution in [1.82, 2.24) is 5.32 Å². The van der Waals surface area contributed by atoms with Crippen LogP contribution in [0.5, 0.6) is 0 Å². The van der Waals surface area contributed by atoms with E-state index in [1.165, 1.54) is 17.4 Å². The number of primary amides is 1. The Morgan fingerprint density at radius 2 is 1.83 bits per heavy atom. The molecule has 4 nitrogen and oxygen atoms in total. The van der Waals surface area contributed by atoms with E-state index in [1.54, 1.807) is 43.3 Å². The number of fused-ring (bicyclic) bond motifs is 1. The Bertz CT molecular complexity index is 921. The largest absolute Gasteiger partial charge is 0.368 e. The Kier molecular flexibility index (Phi) is 4.31. The minimum atomic E-state index is -0.937. The Balaban J connectivity index is 1.96. The maximum Gasteiger partial charge on any atom is 0.262 e. The molecule has 6 heteroatoms. The summed E-state index contributed by atoms with van der Waals surface area (Å²) < 4.78 is 14.7. The summed E-state index contributed by atoms with van der Waals surface area (Å²) in [4.78, 5) is 24.7. The number of hydrogen-bond acceptors (Lipinski definition) is 3. The van der Waals surface area contributed by atoms with E-state index >= 15 is 0 Å². The lowest BCUT2D eigenvalue weighted by molar-refractivity contribution is -0.120. The van der Waals surface area contributed by atoms with Crippen LogP contribution < -0.4 is 11.1 Å². The van der Waals surface area contributed by atoms with Crippen molar-refractivity contribution in [1.29, 1.82) is 0 Å². The average molecular weight is 342 g/mol. The number of hydrogen-bond donors (Lipinski definition) is 2. The molecule has 3 N–H and O–H groups in total. The van der Waals surface area contributed by atoms with E-state index in [9.17, 15) is 14.0 Å². The van der Waals surface area contributed by atoms with Gasteiger partial charge < -0.3 is 11.1 Å². The van der Waals surface area contributed by atoms with Gasteiger partial charge in [-0.2, -0.15) is 0 Å². The highest BCUT2D eigenvalue weighted by Gasteiger charge is 2.24. The number of carbonyl (C=O) groups is 2. The van der Waals surface area contributed by atoms with Crippen LogP contribution in [0.15, 0.2) is 48.5 Å². The molecule has 0 unspecified atom stereocenters. The van der Waals surface area contributed by atoms with Crippen LogP contribution in [-0.4, -0.2) is 11.8 Å². The summed E-state index contributed by atoms with van der Waals surface area (Å²) in [5, 5.41) is 3.08. The highest BCUT2D eigenvalue weighted by Crippen LogP contribution is 2.32. The zero-order chi connectivity index (χ0) is 17.3. The number of rotatable bonds is 4. The predicted octanol–water partition coefficient (Wildman–Crippen LogP) is 3.31. The van der Waals surface area contributed by atoms with Crippen molar-refractivity contribution in [3.63, 3.8) is 0 Å². The molecule has 24 heavy (non-hydrogen) atoms. The minimum Gasteiger partial charge on any atom is -0.368 e. The fourth-order valence-corrected chi connectivity index (χ4v) is 3.76. The molecule has 122 valence electrons. The molecule has 0 aliphatic carbocycles. The lowest BCUT2D eigenvalue weighted by Crippen LogP contribution is -2.37. The number of halogens is 1. The summed E-state index contributed by atoms with van der Waals surface area (Å²) in [6.07, 6.45) is 0. The van der Waals surface area contributed by atoms with Crippen LogP contribution in [0.3, 0.4) is 0 Å². The minimum absolute atomic E-state index is 0.366. The van der Waals surface area contributed by atoms with Gasteiger partial charge in [0.25, 0.3) is 5.91 Å². The molecule has 0 fully saturated rings. The number of carbonyl (C=O) groups excluding carboxylic acids is 2. The van der Waals surface area contributed by atoms with Crippen LogP contribution in [0.25, 0.3) is 10.1 Å². The molecular weight excluding hydrogens is 327 g/mol. The zero-order valence-electron chi connectivity index (χ0n) is 12.9. The maximum atomic E-state index is 14.0. The quantitative estimate of drug-likeness (QED) is 0.763. The van der Waals surface area contributed by atoms with E-state index in [0.717, 1.165) is 0 Å². The van der Waals surface area contributed by atoms with Gasteiger partial charge in [-0.15, -0.1) is 11.3 Å². The number of benzene rings is 2. The molecule has 3 aromatic rings. The van der Waals surface area contributed by atoms with Crippen molar-refractivity contribution < 1.29 is 14.0 Å². The van der Waals surface area contributed by atoms with Gasteiger partial charge in [0.15, 0.2) is 0 Å². The smallest absolute Gasteiger partial charge is 0.262 e. The third-order valence-corrected chi connectivity index (χ3v) is 5.06. The summed E-state index contributed by atoms with van der Waals surface area (Å²) >= 11 is 1.19. The van der Waals surface area contributed by atoms with Crippen LogP contribution in [0.1, 0.15) is 26.8 Å². The zero-order valence-corrected chi connectivity index (χ0v) is 13.7. The predicted molar refractivity (Wildman–Crippen MR) is 92.4 cm³/mol. The van der Waals surface area contributed by atoms with Crippen molar-refractivity contribution in [2.75, 3.05) is 0 Å². The number of thiophene rings is 1. The van der Waals surface area contributed by atoms with E-state index < -0.39 is 17.9 Å². The second-order valence-corrected chi connectivity index (χ2v) is 6.44. The molecule has 2 amide bonds. The molecule has 0 saturated carbocycles. The standard InChI is InChI=1S/C18H15FN2O2S/c1-10-14-12(19)8-5-9-13(14)24-16(10)18(23)21-15(17(20)22)11-6-3-2-4-7-11/h2-9,15H,1H3,(H2,20,22)(H,21,23)/t15-/m0/s1. The molecule has 0 bridgehead atoms. The van der Waals surface area contributed by atoms with Gasteiger partial charge >= 0.3 is 0 Å². The molecule has 0 spiro atoms. The Labute approximate surface area is 142 Å². The van der Waals surface area contributed by atoms with Crippen LogP contribution >= 0.6 is 11.3 Å². The SMILES string of the molecule is Cc1c(C(=O)N[C@H](C(N)=O)c2ccccc2)sc2cccc(F)c12. The van der Waals surface area contributed by atoms with Gasteiger partial charge in [0.2, 0.25) is 5.91 Å². The first-order chi connectivity index (χ1) is 11.5. The Hall–Kier alpha value is -2.73. The molecule has 1 aromatic heterocycles. The lowest BCUT2D eigenvalue weighted by atomic mass is 10.1. The second-order valence-electron chi connectivity index (χ2n) is 5.39. The molecular formula is C18H15FN2O2S. The second kappa shape index (κ2) is 6.41. The summed E-state index contributed by atoms with van der Waals surface area (Å²) in [5.74, 6) is -1.46. The maximum absolute atomic E-state index is 14.0. The first kappa shape index (κ1) is 16.1. The van der Waals surface area contributed by atoms with Gasteiger partial charge in [-0.05, 0) is 30.2 Å². The van der Waals surface area contributed by atoms with Crippen molar-refractivity contribution in [3.8, 4) is 0 Å². The van der Waals surface area contributed by atoms with Crippen molar-refractivity contribution in [2.45, 2.75) is 13.0 Å². The monoisotopic (exact) mass is 342 g/mol. The highest BCUT2D eigenvalue weighted by molar-refractivity contribution is 7.21. The fraction of sp³-hybridized carbons (Fsp3) is 0.111. The lowest BCUT2D eigenvalue weighted by Gasteiger charge is -2.15. The topological polar surface area (TPSA) is 72.2 Å². The van der Waals surface area contributed by atoms with Gasteiger partial charge in [-0.1, -0.05) is 36.4 Å². The molecule has 0 aliphatic heterocycles. The van der Waals surface area contributed by atoms with Crippen molar-refractivity contribution in [2.24, 2.45) is 5.73 Å². The van der Waals surface area contributed by atoms with E-state index in [2.05, 4.69) is 5.32 Å². The van der Waals surface area contributed by atoms with Gasteiger partial charge in [-0.3, -0.25) is 9.59 Å². The van der Waals surface area contributed by atoms with E-state index in [-0.39, 0.29) is 5.82 Å². The average Bonchev–Trinajstić information content (AvgIpc) is 2.91.